The van der Waals surface area contributed by atoms with Crippen LogP contribution in [0.5, 0.6) is 0 Å². The molecule has 0 spiro atoms. The van der Waals surface area contributed by atoms with Gasteiger partial charge in [-0.05, 0) is 258 Å². The van der Waals surface area contributed by atoms with Gasteiger partial charge in [0.15, 0.2) is 0 Å². The summed E-state index contributed by atoms with van der Waals surface area (Å²) < 4.78 is 37.2. The van der Waals surface area contributed by atoms with Gasteiger partial charge in [-0.1, -0.05) is 97.1 Å². The van der Waals surface area contributed by atoms with Gasteiger partial charge >= 0.3 is 54.2 Å². The molecule has 0 heterocycles. The number of carbonyl (C=O) groups is 9. The molecule has 4 aromatic carbocycles. The Bertz CT molecular complexity index is 3350. The molecule has 4 rings (SSSR count). The molecule has 4 atom stereocenters. The number of alkyl carbamates (subject to hydrolysis) is 4. The molecule has 0 bridgehead atoms. The first-order valence-electron chi connectivity index (χ1n) is 34.6. The minimum absolute atomic E-state index is 0.0198. The largest absolute Gasteiger partial charge is 0.481 e. The highest BCUT2D eigenvalue weighted by Crippen LogP contribution is 2.30. The van der Waals surface area contributed by atoms with Gasteiger partial charge in [-0.25, -0.2) is 24.0 Å². The Balaban J connectivity index is 0.000000684. The van der Waals surface area contributed by atoms with E-state index in [2.05, 4.69) is 21.3 Å². The molecular weight excluding hydrogens is 1300 g/mol. The average molecular weight is 1430 g/mol. The van der Waals surface area contributed by atoms with Crippen LogP contribution in [-0.4, -0.2) is 128 Å². The summed E-state index contributed by atoms with van der Waals surface area (Å²) in [5.41, 5.74) is 1.80. The van der Waals surface area contributed by atoms with Crippen LogP contribution in [0.25, 0.3) is 0 Å². The first-order chi connectivity index (χ1) is 46.1. The third-order valence-corrected chi connectivity index (χ3v) is 13.7. The monoisotopic (exact) mass is 1430 g/mol. The Labute approximate surface area is 607 Å². The average Bonchev–Trinajstić information content (AvgIpc) is 0.817. The van der Waals surface area contributed by atoms with Gasteiger partial charge in [-0.2, -0.15) is 0 Å². The second kappa shape index (κ2) is 38.5. The number of hydrogen-bond acceptors (Lipinski definition) is 16. The second-order valence-electron chi connectivity index (χ2n) is 33.6. The lowest BCUT2D eigenvalue weighted by atomic mass is 9.84. The molecule has 6 N–H and O–H groups in total. The van der Waals surface area contributed by atoms with Crippen molar-refractivity contribution in [2.75, 3.05) is 0 Å². The molecule has 4 amide bonds. The van der Waals surface area contributed by atoms with E-state index in [0.29, 0.717) is 24.8 Å². The van der Waals surface area contributed by atoms with Gasteiger partial charge < -0.3 is 64.6 Å². The Morgan fingerprint density at radius 2 is 0.529 bits per heavy atom. The van der Waals surface area contributed by atoms with E-state index in [1.807, 2.05) is 220 Å². The smallest absolute Gasteiger partial charge is 0.408 e. The highest BCUT2D eigenvalue weighted by atomic mass is 16.6. The molecule has 570 valence electrons. The van der Waals surface area contributed by atoms with Gasteiger partial charge in [0.2, 0.25) is 0 Å². The van der Waals surface area contributed by atoms with Crippen molar-refractivity contribution < 1.29 is 86.5 Å². The van der Waals surface area contributed by atoms with E-state index >= 15 is 0 Å². The van der Waals surface area contributed by atoms with Crippen LogP contribution in [0.4, 0.5) is 19.2 Å². The van der Waals surface area contributed by atoms with Gasteiger partial charge in [0.05, 0.1) is 23.7 Å². The number of esters is 3. The van der Waals surface area contributed by atoms with Gasteiger partial charge in [-0.15, -0.1) is 0 Å². The highest BCUT2D eigenvalue weighted by Gasteiger charge is 2.36. The van der Waals surface area contributed by atoms with Crippen LogP contribution < -0.4 is 21.3 Å². The molecule has 22 heteroatoms. The summed E-state index contributed by atoms with van der Waals surface area (Å²) in [7, 11) is 0. The molecule has 4 aromatic rings. The van der Waals surface area contributed by atoms with Crippen LogP contribution in [0, 0.1) is 0 Å². The highest BCUT2D eigenvalue weighted by molar-refractivity contribution is 5.84. The molecule has 0 aliphatic heterocycles. The number of aliphatic carboxylic acids is 2. The first-order valence-corrected chi connectivity index (χ1v) is 34.6. The van der Waals surface area contributed by atoms with E-state index in [1.54, 1.807) is 71.0 Å². The lowest BCUT2D eigenvalue weighted by molar-refractivity contribution is -0.161. The lowest BCUT2D eigenvalue weighted by Gasteiger charge is -2.29. The third-order valence-electron chi connectivity index (χ3n) is 13.7. The van der Waals surface area contributed by atoms with Crippen LogP contribution in [0.2, 0.25) is 0 Å². The van der Waals surface area contributed by atoms with E-state index in [0.717, 1.165) is 38.9 Å². The molecule has 0 unspecified atom stereocenters. The quantitative estimate of drug-likeness (QED) is 0.0333. The van der Waals surface area contributed by atoms with E-state index in [1.165, 1.54) is 0 Å². The fourth-order valence-electron chi connectivity index (χ4n) is 9.09. The number of hydrogen-bond donors (Lipinski definition) is 6. The molecular formula is C80H122N4O18. The zero-order valence-electron chi connectivity index (χ0n) is 66.2. The minimum Gasteiger partial charge on any atom is -0.481 e. The Morgan fingerprint density at radius 3 is 0.775 bits per heavy atom. The standard InChI is InChI=1S/C22H33NO6.C22H35NO4.C20H31NO4.C16H23NO4/c1-20(2,3)28-18(26)22(7,8)15-11-9-14(10-12-15)13-16(17(24)25)23-19(27)29-21(4,5)6;1-15(23-19(25)27-21(5,6)7)14-16-10-12-17(13-11-16)22(8,9)18(24)26-20(2,3)4;1-14(21-18(23)25-20(5,6)7)12-15-8-10-16(11-9-15)13-17(22)24-19(2,3)4;1-11(17-15(20)21-16(2,3)4)9-12-5-7-13(8-6-12)10-14(18)19/h9-12,16H,13H2,1-8H3,(H,23,27)(H,24,25);10-13,15H,14H2,1-9H3,(H,23,25);8-11,14H,12-13H2,1-7H3,(H,21,23);5-8,11H,9-10H2,1-4H3,(H,17,20)(H,18,19)/t16-;15-;14-;11-/m0111/s1. The summed E-state index contributed by atoms with van der Waals surface area (Å²) in [5, 5.41) is 28.9. The van der Waals surface area contributed by atoms with Crippen molar-refractivity contribution in [3.8, 4) is 0 Å². The second-order valence-corrected chi connectivity index (χ2v) is 33.6. The van der Waals surface area contributed by atoms with Crippen molar-refractivity contribution in [3.05, 3.63) is 142 Å². The van der Waals surface area contributed by atoms with Crippen molar-refractivity contribution >= 4 is 54.2 Å². The van der Waals surface area contributed by atoms with Gasteiger partial charge in [0.1, 0.15) is 45.2 Å². The molecule has 0 aliphatic rings. The SMILES string of the molecule is CC(C)(C)OC(=O)N[C@@H](Cc1ccc(C(C)(C)C(=O)OC(C)(C)C)cc1)C(=O)O.C[C@H](Cc1ccc(C(C)(C)C(=O)OC(C)(C)C)cc1)NC(=O)OC(C)(C)C.C[C@H](Cc1ccc(CC(=O)O)cc1)NC(=O)OC(C)(C)C.C[C@H](Cc1ccc(CC(=O)OC(C)(C)C)cc1)NC(=O)OC(C)(C)C. The zero-order valence-corrected chi connectivity index (χ0v) is 66.2. The first kappa shape index (κ1) is 91.3. The van der Waals surface area contributed by atoms with E-state index in [-0.39, 0.29) is 55.3 Å². The Hall–Kier alpha value is -8.69. The topological polar surface area (TPSA) is 307 Å². The maximum Gasteiger partial charge on any atom is 0.408 e. The summed E-state index contributed by atoms with van der Waals surface area (Å²) in [6, 6.07) is 28.7. The van der Waals surface area contributed by atoms with Crippen molar-refractivity contribution in [1.82, 2.24) is 21.3 Å². The van der Waals surface area contributed by atoms with Crippen LogP contribution in [0.3, 0.4) is 0 Å². The number of carbonyl (C=O) groups excluding carboxylic acids is 7. The summed E-state index contributed by atoms with van der Waals surface area (Å²) >= 11 is 0. The number of nitrogens with one attached hydrogen (secondary N) is 4. The van der Waals surface area contributed by atoms with Crippen LogP contribution in [0.15, 0.2) is 97.1 Å². The molecule has 0 fully saturated rings. The predicted molar refractivity (Wildman–Crippen MR) is 397 cm³/mol. The summed E-state index contributed by atoms with van der Waals surface area (Å²) in [6.45, 7) is 51.2. The fraction of sp³-hybridized carbons (Fsp3) is 0.588. The van der Waals surface area contributed by atoms with E-state index < -0.39 is 92.4 Å². The Kier molecular flexibility index (Phi) is 34.5. The summed E-state index contributed by atoms with van der Waals surface area (Å²) in [4.78, 5) is 106. The molecule has 0 saturated carbocycles. The molecule has 0 aromatic heterocycles. The predicted octanol–water partition coefficient (Wildman–Crippen LogP) is 15.4. The molecule has 0 saturated heterocycles. The number of amides is 4. The van der Waals surface area contributed by atoms with Gasteiger partial charge in [0.25, 0.3) is 0 Å². The maximum atomic E-state index is 12.5. The number of rotatable bonds is 21. The minimum atomic E-state index is -1.16. The zero-order chi connectivity index (χ0) is 79.0. The van der Waals surface area contributed by atoms with Crippen molar-refractivity contribution in [1.29, 1.82) is 0 Å². The Morgan fingerprint density at radius 1 is 0.304 bits per heavy atom. The van der Waals surface area contributed by atoms with Gasteiger partial charge in [-0.3, -0.25) is 19.2 Å². The molecule has 22 nitrogen and oxygen atoms in total. The van der Waals surface area contributed by atoms with Gasteiger partial charge in [0, 0.05) is 24.5 Å². The molecule has 0 aliphatic carbocycles. The third kappa shape index (κ3) is 41.3. The summed E-state index contributed by atoms with van der Waals surface area (Å²) in [5.74, 6) is -2.83. The number of carboxylic acids is 2. The van der Waals surface area contributed by atoms with Crippen molar-refractivity contribution in [3.63, 3.8) is 0 Å². The van der Waals surface area contributed by atoms with E-state index in [4.69, 9.17) is 38.3 Å². The number of ether oxygens (including phenoxy) is 7. The summed E-state index contributed by atoms with van der Waals surface area (Å²) in [6.07, 6.45) is 0.325. The maximum absolute atomic E-state index is 12.5. The van der Waals surface area contributed by atoms with Crippen LogP contribution >= 0.6 is 0 Å². The van der Waals surface area contributed by atoms with Crippen molar-refractivity contribution in [2.24, 2.45) is 0 Å². The van der Waals surface area contributed by atoms with Crippen molar-refractivity contribution in [2.45, 2.75) is 307 Å². The number of benzene rings is 4. The normalized spacial score (nSPS) is 13.2. The van der Waals surface area contributed by atoms with Crippen LogP contribution in [0.1, 0.15) is 238 Å². The van der Waals surface area contributed by atoms with Crippen LogP contribution in [-0.2, 0) is 106 Å². The number of carboxylic acid groups (broad SMARTS) is 2. The lowest BCUT2D eigenvalue weighted by Crippen LogP contribution is -2.44. The van der Waals surface area contributed by atoms with E-state index in [9.17, 15) is 48.3 Å². The molecule has 0 radical (unpaired) electrons. The fourth-order valence-corrected chi connectivity index (χ4v) is 9.09. The molecule has 102 heavy (non-hydrogen) atoms.